The smallest absolute Gasteiger partial charge is 0.305 e. The third-order valence-corrected chi connectivity index (χ3v) is 3.12. The Morgan fingerprint density at radius 3 is 2.74 bits per heavy atom. The van der Waals surface area contributed by atoms with Gasteiger partial charge in [-0.3, -0.25) is 4.79 Å². The number of anilines is 1. The summed E-state index contributed by atoms with van der Waals surface area (Å²) in [5.41, 5.74) is 2.54. The number of ether oxygens (including phenoxy) is 1. The van der Waals surface area contributed by atoms with Crippen LogP contribution >= 0.6 is 0 Å². The normalized spacial score (nSPS) is 10.3. The van der Waals surface area contributed by atoms with Gasteiger partial charge < -0.3 is 9.64 Å². The Balaban J connectivity index is 2.17. The zero-order valence-electron chi connectivity index (χ0n) is 12.3. The highest BCUT2D eigenvalue weighted by atomic mass is 16.5. The predicted molar refractivity (Wildman–Crippen MR) is 79.6 cm³/mol. The maximum absolute atomic E-state index is 11.2. The minimum absolute atomic E-state index is 0.0745. The Bertz CT molecular complexity index is 390. The van der Waals surface area contributed by atoms with Crippen molar-refractivity contribution in [1.29, 1.82) is 0 Å². The second-order valence-corrected chi connectivity index (χ2v) is 4.88. The number of rotatable bonds is 8. The minimum atomic E-state index is -0.0745. The van der Waals surface area contributed by atoms with Crippen LogP contribution < -0.4 is 4.90 Å². The maximum atomic E-state index is 11.2. The molecule has 1 aromatic rings. The second kappa shape index (κ2) is 8.57. The topological polar surface area (TPSA) is 29.5 Å². The van der Waals surface area contributed by atoms with E-state index in [4.69, 9.17) is 4.74 Å². The summed E-state index contributed by atoms with van der Waals surface area (Å²) in [6, 6.07) is 8.52. The molecule has 0 radical (unpaired) electrons. The lowest BCUT2D eigenvalue weighted by Gasteiger charge is -2.19. The van der Waals surface area contributed by atoms with Gasteiger partial charge in [-0.25, -0.2) is 0 Å². The van der Waals surface area contributed by atoms with Crippen molar-refractivity contribution in [3.05, 3.63) is 29.8 Å². The van der Waals surface area contributed by atoms with Crippen LogP contribution in [0, 0.1) is 6.92 Å². The van der Waals surface area contributed by atoms with Gasteiger partial charge in [0.15, 0.2) is 0 Å². The quantitative estimate of drug-likeness (QED) is 0.530. The number of carbonyl (C=O) groups is 1. The van der Waals surface area contributed by atoms with Crippen LogP contribution in [-0.4, -0.2) is 26.2 Å². The largest absolute Gasteiger partial charge is 0.466 e. The molecule has 106 valence electrons. The van der Waals surface area contributed by atoms with E-state index in [-0.39, 0.29) is 5.97 Å². The molecule has 0 aliphatic heterocycles. The Labute approximate surface area is 116 Å². The molecule has 0 fully saturated rings. The molecule has 0 spiro atoms. The van der Waals surface area contributed by atoms with E-state index < -0.39 is 0 Å². The highest BCUT2D eigenvalue weighted by molar-refractivity contribution is 5.69. The van der Waals surface area contributed by atoms with E-state index in [9.17, 15) is 4.79 Å². The summed E-state index contributed by atoms with van der Waals surface area (Å²) in [6.07, 6.45) is 3.63. The summed E-state index contributed by atoms with van der Waals surface area (Å²) >= 11 is 0. The van der Waals surface area contributed by atoms with E-state index in [0.717, 1.165) is 25.8 Å². The van der Waals surface area contributed by atoms with Gasteiger partial charge in [0.05, 0.1) is 6.61 Å². The first-order valence-electron chi connectivity index (χ1n) is 7.07. The zero-order chi connectivity index (χ0) is 14.1. The molecule has 19 heavy (non-hydrogen) atoms. The first-order chi connectivity index (χ1) is 9.13. The standard InChI is InChI=1S/C16H25NO2/c1-4-19-16(18)11-6-5-7-12-17(3)15-10-8-9-14(2)13-15/h8-10,13H,4-7,11-12H2,1-3H3. The van der Waals surface area contributed by atoms with Crippen molar-refractivity contribution >= 4 is 11.7 Å². The number of carbonyl (C=O) groups excluding carboxylic acids is 1. The molecule has 0 atom stereocenters. The number of esters is 1. The number of hydrogen-bond donors (Lipinski definition) is 0. The summed E-state index contributed by atoms with van der Waals surface area (Å²) in [6.45, 7) is 5.45. The molecule has 3 nitrogen and oxygen atoms in total. The van der Waals surface area contributed by atoms with E-state index in [1.54, 1.807) is 0 Å². The summed E-state index contributed by atoms with van der Waals surface area (Å²) in [7, 11) is 2.11. The molecule has 0 aliphatic rings. The molecule has 0 aliphatic carbocycles. The summed E-state index contributed by atoms with van der Waals surface area (Å²) in [5, 5.41) is 0. The molecule has 0 N–H and O–H groups in total. The second-order valence-electron chi connectivity index (χ2n) is 4.88. The van der Waals surface area contributed by atoms with Crippen molar-refractivity contribution in [2.45, 2.75) is 39.5 Å². The highest BCUT2D eigenvalue weighted by Gasteiger charge is 2.03. The monoisotopic (exact) mass is 263 g/mol. The lowest BCUT2D eigenvalue weighted by Crippen LogP contribution is -2.18. The first-order valence-corrected chi connectivity index (χ1v) is 7.07. The summed E-state index contributed by atoms with van der Waals surface area (Å²) in [5.74, 6) is -0.0745. The molecule has 0 unspecified atom stereocenters. The molecule has 1 aromatic carbocycles. The van der Waals surface area contributed by atoms with Gasteiger partial charge >= 0.3 is 5.97 Å². The molecule has 0 saturated carbocycles. The molecule has 0 amide bonds. The lowest BCUT2D eigenvalue weighted by atomic mass is 10.1. The zero-order valence-corrected chi connectivity index (χ0v) is 12.3. The fraction of sp³-hybridized carbons (Fsp3) is 0.562. The lowest BCUT2D eigenvalue weighted by molar-refractivity contribution is -0.143. The average molecular weight is 263 g/mol. The first kappa shape index (κ1) is 15.5. The van der Waals surface area contributed by atoms with Crippen molar-refractivity contribution in [3.63, 3.8) is 0 Å². The van der Waals surface area contributed by atoms with Gasteiger partial charge in [0, 0.05) is 25.7 Å². The Kier molecular flexibility index (Phi) is 7.01. The third-order valence-electron chi connectivity index (χ3n) is 3.12. The molecule has 0 aromatic heterocycles. The fourth-order valence-electron chi connectivity index (χ4n) is 2.02. The number of benzene rings is 1. The number of unbranched alkanes of at least 4 members (excludes halogenated alkanes) is 2. The van der Waals surface area contributed by atoms with Crippen LogP contribution in [0.1, 0.15) is 38.2 Å². The van der Waals surface area contributed by atoms with Crippen LogP contribution in [0.5, 0.6) is 0 Å². The summed E-state index contributed by atoms with van der Waals surface area (Å²) < 4.78 is 4.90. The van der Waals surface area contributed by atoms with E-state index >= 15 is 0 Å². The van der Waals surface area contributed by atoms with Gasteiger partial charge in [0.25, 0.3) is 0 Å². The Hall–Kier alpha value is -1.51. The van der Waals surface area contributed by atoms with E-state index in [1.807, 2.05) is 6.92 Å². The molecule has 0 heterocycles. The maximum Gasteiger partial charge on any atom is 0.305 e. The van der Waals surface area contributed by atoms with Crippen LogP contribution in [0.15, 0.2) is 24.3 Å². The average Bonchev–Trinajstić information content (AvgIpc) is 2.38. The van der Waals surface area contributed by atoms with Crippen molar-refractivity contribution in [1.82, 2.24) is 0 Å². The van der Waals surface area contributed by atoms with E-state index in [1.165, 1.54) is 11.3 Å². The third kappa shape index (κ3) is 6.27. The Morgan fingerprint density at radius 2 is 2.05 bits per heavy atom. The predicted octanol–water partition coefficient (Wildman–Crippen LogP) is 3.55. The van der Waals surface area contributed by atoms with Crippen LogP contribution in [0.4, 0.5) is 5.69 Å². The SMILES string of the molecule is CCOC(=O)CCCCCN(C)c1cccc(C)c1. The fourth-order valence-corrected chi connectivity index (χ4v) is 2.02. The number of nitrogens with zero attached hydrogens (tertiary/aromatic N) is 1. The van der Waals surface area contributed by atoms with Crippen LogP contribution in [0.2, 0.25) is 0 Å². The van der Waals surface area contributed by atoms with Crippen molar-refractivity contribution in [3.8, 4) is 0 Å². The Morgan fingerprint density at radius 1 is 1.26 bits per heavy atom. The van der Waals surface area contributed by atoms with Gasteiger partial charge in [-0.1, -0.05) is 18.6 Å². The van der Waals surface area contributed by atoms with Gasteiger partial charge in [-0.05, 0) is 44.4 Å². The molecule has 3 heteroatoms. The molecule has 0 saturated heterocycles. The minimum Gasteiger partial charge on any atom is -0.466 e. The van der Waals surface area contributed by atoms with Crippen molar-refractivity contribution in [2.24, 2.45) is 0 Å². The molecular formula is C16H25NO2. The van der Waals surface area contributed by atoms with E-state index in [2.05, 4.69) is 43.1 Å². The number of aryl methyl sites for hydroxylation is 1. The summed E-state index contributed by atoms with van der Waals surface area (Å²) in [4.78, 5) is 13.4. The van der Waals surface area contributed by atoms with Gasteiger partial charge in [-0.2, -0.15) is 0 Å². The van der Waals surface area contributed by atoms with Crippen LogP contribution in [0.25, 0.3) is 0 Å². The number of hydrogen-bond acceptors (Lipinski definition) is 3. The molecule has 0 bridgehead atoms. The van der Waals surface area contributed by atoms with Gasteiger partial charge in [-0.15, -0.1) is 0 Å². The van der Waals surface area contributed by atoms with Gasteiger partial charge in [0.1, 0.15) is 0 Å². The van der Waals surface area contributed by atoms with Gasteiger partial charge in [0.2, 0.25) is 0 Å². The molecular weight excluding hydrogens is 238 g/mol. The van der Waals surface area contributed by atoms with Crippen molar-refractivity contribution in [2.75, 3.05) is 25.1 Å². The van der Waals surface area contributed by atoms with E-state index in [0.29, 0.717) is 13.0 Å². The highest BCUT2D eigenvalue weighted by Crippen LogP contribution is 2.15. The van der Waals surface area contributed by atoms with Crippen LogP contribution in [0.3, 0.4) is 0 Å². The molecule has 1 rings (SSSR count). The van der Waals surface area contributed by atoms with Crippen LogP contribution in [-0.2, 0) is 9.53 Å². The van der Waals surface area contributed by atoms with Crippen molar-refractivity contribution < 1.29 is 9.53 Å².